The summed E-state index contributed by atoms with van der Waals surface area (Å²) >= 11 is 2.92. The van der Waals surface area contributed by atoms with Gasteiger partial charge in [-0.25, -0.2) is 9.78 Å². The highest BCUT2D eigenvalue weighted by Gasteiger charge is 2.43. The van der Waals surface area contributed by atoms with Gasteiger partial charge in [0.15, 0.2) is 10.4 Å². The van der Waals surface area contributed by atoms with Crippen molar-refractivity contribution in [3.63, 3.8) is 0 Å². The zero-order valence-corrected chi connectivity index (χ0v) is 19.6. The normalized spacial score (nSPS) is 17.0. The van der Waals surface area contributed by atoms with Crippen molar-refractivity contribution in [3.8, 4) is 0 Å². The molecule has 1 saturated heterocycles. The van der Waals surface area contributed by atoms with Gasteiger partial charge in [-0.05, 0) is 30.2 Å². The van der Waals surface area contributed by atoms with E-state index in [1.54, 1.807) is 37.3 Å². The maximum atomic E-state index is 12.7. The number of benzene rings is 2. The molecule has 2 N–H and O–H groups in total. The van der Waals surface area contributed by atoms with Crippen molar-refractivity contribution < 1.29 is 19.5 Å². The minimum Gasteiger partial charge on any atom is -0.477 e. The number of nitroso groups, excluding NO2 is 1. The number of carboxylic acids is 1. The van der Waals surface area contributed by atoms with Crippen LogP contribution >= 0.6 is 23.1 Å². The number of nitrogens with zero attached hydrogens (tertiary/aromatic N) is 3. The number of thiazole rings is 1. The Kier molecular flexibility index (Phi) is 7.03. The minimum atomic E-state index is -1.29. The van der Waals surface area contributed by atoms with Gasteiger partial charge in [-0.1, -0.05) is 59.4 Å². The highest BCUT2D eigenvalue weighted by Crippen LogP contribution is 2.32. The Morgan fingerprint density at radius 3 is 2.59 bits per heavy atom. The summed E-state index contributed by atoms with van der Waals surface area (Å²) in [5, 5.41) is 15.1. The van der Waals surface area contributed by atoms with E-state index in [1.165, 1.54) is 23.1 Å². The Bertz CT molecular complexity index is 1260. The molecule has 34 heavy (non-hydrogen) atoms. The molecule has 0 saturated carbocycles. The van der Waals surface area contributed by atoms with Crippen LogP contribution in [0.5, 0.6) is 0 Å². The molecule has 4 rings (SSSR count). The first kappa shape index (κ1) is 23.6. The molecule has 11 heteroatoms. The summed E-state index contributed by atoms with van der Waals surface area (Å²) < 4.78 is 1.85. The fraction of sp³-hybridized carbons (Fsp3) is 0.217. The molecule has 2 aromatic carbocycles. The van der Waals surface area contributed by atoms with Crippen molar-refractivity contribution in [2.24, 2.45) is 5.18 Å². The number of para-hydroxylation sites is 1. The van der Waals surface area contributed by atoms with E-state index < -0.39 is 29.9 Å². The van der Waals surface area contributed by atoms with Gasteiger partial charge in [-0.3, -0.25) is 9.59 Å². The second-order valence-corrected chi connectivity index (χ2v) is 9.85. The number of thioether (sulfide) groups is 1. The van der Waals surface area contributed by atoms with E-state index in [0.29, 0.717) is 16.9 Å². The maximum Gasteiger partial charge on any atom is 0.352 e. The molecule has 174 valence electrons. The predicted octanol–water partition coefficient (Wildman–Crippen LogP) is 3.58. The average Bonchev–Trinajstić information content (AvgIpc) is 3.25. The fourth-order valence-corrected chi connectivity index (χ4v) is 5.58. The van der Waals surface area contributed by atoms with Crippen LogP contribution in [0.3, 0.4) is 0 Å². The number of likely N-dealkylation sites (tertiary alicyclic amines) is 1. The monoisotopic (exact) mass is 496 g/mol. The lowest BCUT2D eigenvalue weighted by Crippen LogP contribution is -2.64. The SMILES string of the molecule is CC(CSc1nc2ccccc2s1)=C(C(=O)O)N1CC(NC(=O)C(N=O)c2ccccc2)C1=O. The van der Waals surface area contributed by atoms with Crippen LogP contribution in [0.2, 0.25) is 0 Å². The third kappa shape index (κ3) is 4.85. The first-order chi connectivity index (χ1) is 16.4. The summed E-state index contributed by atoms with van der Waals surface area (Å²) in [6.07, 6.45) is 0. The van der Waals surface area contributed by atoms with Crippen molar-refractivity contribution in [3.05, 3.63) is 76.3 Å². The van der Waals surface area contributed by atoms with Crippen LogP contribution in [0, 0.1) is 4.91 Å². The van der Waals surface area contributed by atoms with E-state index in [4.69, 9.17) is 0 Å². The lowest BCUT2D eigenvalue weighted by atomic mass is 10.0. The summed E-state index contributed by atoms with van der Waals surface area (Å²) in [6, 6.07) is 13.8. The predicted molar refractivity (Wildman–Crippen MR) is 129 cm³/mol. The molecule has 3 aromatic rings. The molecule has 2 amide bonds. The van der Waals surface area contributed by atoms with Gasteiger partial charge in [0.25, 0.3) is 11.8 Å². The second kappa shape index (κ2) is 10.1. The van der Waals surface area contributed by atoms with Crippen molar-refractivity contribution >= 4 is 51.1 Å². The van der Waals surface area contributed by atoms with Crippen molar-refractivity contribution in [1.29, 1.82) is 0 Å². The molecule has 2 unspecified atom stereocenters. The molecular weight excluding hydrogens is 476 g/mol. The van der Waals surface area contributed by atoms with Gasteiger partial charge in [0.1, 0.15) is 11.7 Å². The lowest BCUT2D eigenvalue weighted by Gasteiger charge is -2.39. The largest absolute Gasteiger partial charge is 0.477 e. The number of nitrogens with one attached hydrogen (secondary N) is 1. The summed E-state index contributed by atoms with van der Waals surface area (Å²) in [7, 11) is 0. The molecule has 1 aliphatic heterocycles. The molecule has 0 radical (unpaired) electrons. The van der Waals surface area contributed by atoms with Gasteiger partial charge < -0.3 is 15.3 Å². The Labute approximate surface area is 202 Å². The Balaban J connectivity index is 1.41. The average molecular weight is 497 g/mol. The molecule has 2 atom stereocenters. The molecule has 0 bridgehead atoms. The Morgan fingerprint density at radius 2 is 1.94 bits per heavy atom. The number of aromatic nitrogens is 1. The van der Waals surface area contributed by atoms with Crippen molar-refractivity contribution in [1.82, 2.24) is 15.2 Å². The van der Waals surface area contributed by atoms with Gasteiger partial charge >= 0.3 is 5.97 Å². The minimum absolute atomic E-state index is 0.00425. The number of amides is 2. The molecule has 2 heterocycles. The van der Waals surface area contributed by atoms with E-state index in [0.717, 1.165) is 19.5 Å². The Hall–Kier alpha value is -3.57. The highest BCUT2D eigenvalue weighted by molar-refractivity contribution is 8.01. The molecule has 0 spiro atoms. The van der Waals surface area contributed by atoms with Gasteiger partial charge in [0.2, 0.25) is 0 Å². The van der Waals surface area contributed by atoms with Crippen LogP contribution < -0.4 is 5.32 Å². The number of carboxylic acid groups (broad SMARTS) is 1. The number of aliphatic carboxylic acids is 1. The van der Waals surface area contributed by atoms with Crippen LogP contribution in [-0.2, 0) is 14.4 Å². The molecule has 1 aromatic heterocycles. The van der Waals surface area contributed by atoms with Crippen LogP contribution in [0.4, 0.5) is 0 Å². The molecule has 1 aliphatic rings. The van der Waals surface area contributed by atoms with Gasteiger partial charge in [-0.15, -0.1) is 16.2 Å². The van der Waals surface area contributed by atoms with Gasteiger partial charge in [-0.2, -0.15) is 0 Å². The number of carbonyl (C=O) groups excluding carboxylic acids is 2. The zero-order chi connectivity index (χ0) is 24.2. The zero-order valence-electron chi connectivity index (χ0n) is 18.0. The standard InChI is InChI=1S/C23H20N4O5S2/c1-13(12-33-23-25-15-9-5-6-10-17(15)34-23)19(22(30)31)27-11-16(21(27)29)24-20(28)18(26-32)14-7-3-2-4-8-14/h2-10,16,18H,11-12H2,1H3,(H,24,28)(H,30,31). The third-order valence-electron chi connectivity index (χ3n) is 5.28. The van der Waals surface area contributed by atoms with Crippen LogP contribution in [-0.4, -0.2) is 51.1 Å². The summed E-state index contributed by atoms with van der Waals surface area (Å²) in [5.41, 5.74) is 1.68. The summed E-state index contributed by atoms with van der Waals surface area (Å²) in [6.45, 7) is 1.65. The fourth-order valence-electron chi connectivity index (χ4n) is 3.56. The number of β-lactam (4-membered cyclic amide) rings is 1. The number of hydrogen-bond acceptors (Lipinski definition) is 8. The molecule has 9 nitrogen and oxygen atoms in total. The van der Waals surface area contributed by atoms with E-state index in [1.807, 2.05) is 24.3 Å². The van der Waals surface area contributed by atoms with Crippen LogP contribution in [0.15, 0.2) is 75.4 Å². The van der Waals surface area contributed by atoms with Crippen molar-refractivity contribution in [2.75, 3.05) is 12.3 Å². The van der Waals surface area contributed by atoms with Gasteiger partial charge in [0.05, 0.1) is 16.8 Å². The topological polar surface area (TPSA) is 129 Å². The highest BCUT2D eigenvalue weighted by atomic mass is 32.2. The van der Waals surface area contributed by atoms with Gasteiger partial charge in [0, 0.05) is 5.75 Å². The maximum absolute atomic E-state index is 12.7. The number of rotatable bonds is 9. The second-order valence-electron chi connectivity index (χ2n) is 7.60. The number of hydrogen-bond donors (Lipinski definition) is 2. The van der Waals surface area contributed by atoms with E-state index in [9.17, 15) is 24.4 Å². The number of carbonyl (C=O) groups is 3. The molecule has 0 aliphatic carbocycles. The van der Waals surface area contributed by atoms with E-state index in [-0.39, 0.29) is 12.2 Å². The van der Waals surface area contributed by atoms with Crippen LogP contribution in [0.1, 0.15) is 18.5 Å². The molecule has 1 fully saturated rings. The van der Waals surface area contributed by atoms with Crippen molar-refractivity contribution in [2.45, 2.75) is 23.3 Å². The first-order valence-electron chi connectivity index (χ1n) is 10.3. The Morgan fingerprint density at radius 1 is 1.24 bits per heavy atom. The third-order valence-corrected chi connectivity index (χ3v) is 7.63. The van der Waals surface area contributed by atoms with Crippen LogP contribution in [0.25, 0.3) is 10.2 Å². The lowest BCUT2D eigenvalue weighted by molar-refractivity contribution is -0.149. The van der Waals surface area contributed by atoms with E-state index >= 15 is 0 Å². The quantitative estimate of drug-likeness (QED) is 0.200. The molecular formula is C23H20N4O5S2. The summed E-state index contributed by atoms with van der Waals surface area (Å²) in [5.74, 6) is -2.14. The number of fused-ring (bicyclic) bond motifs is 1. The first-order valence-corrected chi connectivity index (χ1v) is 12.1. The summed E-state index contributed by atoms with van der Waals surface area (Å²) in [4.78, 5) is 54.0. The smallest absolute Gasteiger partial charge is 0.352 e. The van der Waals surface area contributed by atoms with E-state index in [2.05, 4.69) is 15.5 Å².